The quantitative estimate of drug-likeness (QED) is 0.190. The highest BCUT2D eigenvalue weighted by molar-refractivity contribution is 6.10. The smallest absolute Gasteiger partial charge is 0.246 e. The van der Waals surface area contributed by atoms with E-state index in [2.05, 4.69) is 167 Å². The molecule has 51 heavy (non-hydrogen) atoms. The first-order chi connectivity index (χ1) is 25.3. The summed E-state index contributed by atoms with van der Waals surface area (Å²) in [6, 6.07) is 57.9. The third-order valence-electron chi connectivity index (χ3n) is 10.2. The summed E-state index contributed by atoms with van der Waals surface area (Å²) in [5.41, 5.74) is 12.9. The van der Waals surface area contributed by atoms with Crippen LogP contribution in [0.15, 0.2) is 174 Å². The van der Waals surface area contributed by atoms with Gasteiger partial charge in [0.2, 0.25) is 5.71 Å². The summed E-state index contributed by atoms with van der Waals surface area (Å²) in [6.07, 6.45) is 1.86. The molecule has 0 bridgehead atoms. The highest BCUT2D eigenvalue weighted by Crippen LogP contribution is 2.37. The zero-order chi connectivity index (χ0) is 33.5. The minimum absolute atomic E-state index is 0.529. The van der Waals surface area contributed by atoms with Crippen molar-refractivity contribution >= 4 is 65.8 Å². The van der Waals surface area contributed by atoms with Gasteiger partial charge in [-0.25, -0.2) is 9.97 Å². The maximum Gasteiger partial charge on any atom is 0.246 e. The van der Waals surface area contributed by atoms with Gasteiger partial charge >= 0.3 is 0 Å². The first-order valence-corrected chi connectivity index (χ1v) is 17.2. The first-order valence-electron chi connectivity index (χ1n) is 17.2. The Morgan fingerprint density at radius 2 is 0.902 bits per heavy atom. The first kappa shape index (κ1) is 27.9. The molecule has 0 aliphatic carbocycles. The summed E-state index contributed by atoms with van der Waals surface area (Å²) >= 11 is 0. The number of hydrogen-bond acceptors (Lipinski definition) is 3. The van der Waals surface area contributed by atoms with Gasteiger partial charge in [0.15, 0.2) is 0 Å². The molecule has 11 rings (SSSR count). The van der Waals surface area contributed by atoms with E-state index in [4.69, 9.17) is 14.4 Å². The van der Waals surface area contributed by atoms with Crippen molar-refractivity contribution in [1.29, 1.82) is 0 Å². The van der Waals surface area contributed by atoms with E-state index < -0.39 is 0 Å². The van der Waals surface area contributed by atoms with Crippen molar-refractivity contribution in [3.05, 3.63) is 170 Å². The molecule has 0 atom stereocenters. The standard InChI is InChI=1S/C46H28N4O/c1-5-19-40-34(15-1)35-16-2-6-20-41(35)49(40)32-13-9-11-29(25-32)30-23-24-44-38(27-30)45-46(51-44)48-39(28-47-45)31-12-10-14-33(26-31)50-42-21-7-3-17-36(42)37-18-4-8-22-43(37)50/h1-28H. The Bertz CT molecular complexity index is 3060. The van der Waals surface area contributed by atoms with E-state index in [0.717, 1.165) is 50.2 Å². The molecule has 0 saturated carbocycles. The Labute approximate surface area is 292 Å². The Morgan fingerprint density at radius 1 is 0.412 bits per heavy atom. The van der Waals surface area contributed by atoms with E-state index in [0.29, 0.717) is 5.71 Å². The van der Waals surface area contributed by atoms with Crippen molar-refractivity contribution in [2.24, 2.45) is 0 Å². The number of furan rings is 1. The van der Waals surface area contributed by atoms with Gasteiger partial charge < -0.3 is 13.6 Å². The Kier molecular flexibility index (Phi) is 5.89. The third-order valence-corrected chi connectivity index (χ3v) is 10.2. The average Bonchev–Trinajstić information content (AvgIpc) is 3.85. The van der Waals surface area contributed by atoms with Gasteiger partial charge in [-0.05, 0) is 71.8 Å². The number of benzene rings is 7. The second-order valence-electron chi connectivity index (χ2n) is 13.1. The fraction of sp³-hybridized carbons (Fsp3) is 0. The topological polar surface area (TPSA) is 48.8 Å². The van der Waals surface area contributed by atoms with Crippen molar-refractivity contribution < 1.29 is 4.42 Å². The van der Waals surface area contributed by atoms with Gasteiger partial charge in [-0.2, -0.15) is 0 Å². The van der Waals surface area contributed by atoms with Crippen molar-refractivity contribution in [2.45, 2.75) is 0 Å². The van der Waals surface area contributed by atoms with Crippen molar-refractivity contribution in [2.75, 3.05) is 0 Å². The van der Waals surface area contributed by atoms with Gasteiger partial charge in [-0.1, -0.05) is 103 Å². The van der Waals surface area contributed by atoms with Crippen LogP contribution in [0.5, 0.6) is 0 Å². The highest BCUT2D eigenvalue weighted by Gasteiger charge is 2.16. The van der Waals surface area contributed by atoms with Gasteiger partial charge in [0, 0.05) is 43.9 Å². The van der Waals surface area contributed by atoms with Gasteiger partial charge in [-0.3, -0.25) is 0 Å². The normalized spacial score (nSPS) is 11.9. The second-order valence-corrected chi connectivity index (χ2v) is 13.1. The highest BCUT2D eigenvalue weighted by atomic mass is 16.3. The zero-order valence-electron chi connectivity index (χ0n) is 27.4. The van der Waals surface area contributed by atoms with E-state index in [9.17, 15) is 0 Å². The molecule has 0 saturated heterocycles. The molecule has 0 spiro atoms. The summed E-state index contributed by atoms with van der Waals surface area (Å²) in [4.78, 5) is 9.93. The van der Waals surface area contributed by atoms with Gasteiger partial charge in [0.05, 0.1) is 34.0 Å². The average molecular weight is 653 g/mol. The van der Waals surface area contributed by atoms with Crippen LogP contribution < -0.4 is 0 Å². The minimum Gasteiger partial charge on any atom is -0.436 e. The van der Waals surface area contributed by atoms with Gasteiger partial charge in [0.1, 0.15) is 11.1 Å². The van der Waals surface area contributed by atoms with Crippen molar-refractivity contribution in [1.82, 2.24) is 19.1 Å². The van der Waals surface area contributed by atoms with Crippen LogP contribution in [0.2, 0.25) is 0 Å². The van der Waals surface area contributed by atoms with Crippen molar-refractivity contribution in [3.63, 3.8) is 0 Å². The molecular formula is C46H28N4O. The molecule has 11 aromatic rings. The number of rotatable bonds is 4. The predicted molar refractivity (Wildman–Crippen MR) is 209 cm³/mol. The molecule has 4 aromatic heterocycles. The van der Waals surface area contributed by atoms with Gasteiger partial charge in [0.25, 0.3) is 0 Å². The molecule has 0 unspecified atom stereocenters. The van der Waals surface area contributed by atoms with Crippen LogP contribution in [-0.4, -0.2) is 19.1 Å². The molecule has 0 N–H and O–H groups in total. The summed E-state index contributed by atoms with van der Waals surface area (Å²) in [5.74, 6) is 0. The molecule has 238 valence electrons. The van der Waals surface area contributed by atoms with Crippen LogP contribution in [0, 0.1) is 0 Å². The molecule has 7 aromatic carbocycles. The number of aromatic nitrogens is 4. The molecule has 0 radical (unpaired) electrons. The summed E-state index contributed by atoms with van der Waals surface area (Å²) in [6.45, 7) is 0. The number of para-hydroxylation sites is 4. The van der Waals surface area contributed by atoms with Crippen LogP contribution in [0.3, 0.4) is 0 Å². The molecule has 5 nitrogen and oxygen atoms in total. The number of nitrogens with zero attached hydrogens (tertiary/aromatic N) is 4. The molecule has 5 heteroatoms. The molecule has 0 aliphatic heterocycles. The maximum atomic E-state index is 6.32. The minimum atomic E-state index is 0.529. The van der Waals surface area contributed by atoms with Crippen molar-refractivity contribution in [3.8, 4) is 33.8 Å². The van der Waals surface area contributed by atoms with E-state index in [-0.39, 0.29) is 0 Å². The van der Waals surface area contributed by atoms with Crippen LogP contribution in [-0.2, 0) is 0 Å². The lowest BCUT2D eigenvalue weighted by Gasteiger charge is -2.10. The fourth-order valence-corrected chi connectivity index (χ4v) is 7.89. The predicted octanol–water partition coefficient (Wildman–Crippen LogP) is 11.9. The second kappa shape index (κ2) is 10.8. The molecule has 0 fully saturated rings. The van der Waals surface area contributed by atoms with Crippen LogP contribution >= 0.6 is 0 Å². The summed E-state index contributed by atoms with van der Waals surface area (Å²) < 4.78 is 11.0. The lowest BCUT2D eigenvalue weighted by molar-refractivity contribution is 0.653. The molecule has 0 amide bonds. The summed E-state index contributed by atoms with van der Waals surface area (Å²) in [7, 11) is 0. The zero-order valence-corrected chi connectivity index (χ0v) is 27.4. The van der Waals surface area contributed by atoms with Crippen LogP contribution in [0.4, 0.5) is 0 Å². The Balaban J connectivity index is 0.992. The largest absolute Gasteiger partial charge is 0.436 e. The number of hydrogen-bond donors (Lipinski definition) is 0. The lowest BCUT2D eigenvalue weighted by atomic mass is 10.0. The van der Waals surface area contributed by atoms with E-state index >= 15 is 0 Å². The summed E-state index contributed by atoms with van der Waals surface area (Å²) in [5, 5.41) is 5.92. The Hall–Kier alpha value is -6.98. The fourth-order valence-electron chi connectivity index (χ4n) is 7.89. The van der Waals surface area contributed by atoms with E-state index in [1.165, 1.54) is 43.6 Å². The van der Waals surface area contributed by atoms with Gasteiger partial charge in [-0.15, -0.1) is 0 Å². The Morgan fingerprint density at radius 3 is 1.47 bits per heavy atom. The number of fused-ring (bicyclic) bond motifs is 9. The SMILES string of the molecule is c1cc(-c2ccc3oc4nc(-c5cccc(-n6c7ccccc7c7ccccc76)c5)cnc4c3c2)cc(-n2c3ccccc3c3ccccc32)c1. The lowest BCUT2D eigenvalue weighted by Crippen LogP contribution is -1.95. The molecule has 0 aliphatic rings. The van der Waals surface area contributed by atoms with Crippen LogP contribution in [0.1, 0.15) is 0 Å². The third kappa shape index (κ3) is 4.22. The molecule has 4 heterocycles. The van der Waals surface area contributed by atoms with E-state index in [1.807, 2.05) is 12.3 Å². The monoisotopic (exact) mass is 652 g/mol. The molecular weight excluding hydrogens is 625 g/mol. The maximum absolute atomic E-state index is 6.32. The van der Waals surface area contributed by atoms with E-state index in [1.54, 1.807) is 0 Å². The van der Waals surface area contributed by atoms with Crippen LogP contribution in [0.25, 0.3) is 99.6 Å².